The van der Waals surface area contributed by atoms with Gasteiger partial charge in [0.2, 0.25) is 0 Å². The van der Waals surface area contributed by atoms with E-state index >= 15 is 0 Å². The lowest BCUT2D eigenvalue weighted by atomic mass is 10.1. The van der Waals surface area contributed by atoms with Gasteiger partial charge in [0.1, 0.15) is 23.8 Å². The summed E-state index contributed by atoms with van der Waals surface area (Å²) in [4.78, 5) is 28.7. The molecule has 0 bridgehead atoms. The second-order valence-electron chi connectivity index (χ2n) is 13.4. The highest BCUT2D eigenvalue weighted by atomic mass is 28.3. The van der Waals surface area contributed by atoms with Gasteiger partial charge in [0, 0.05) is 51.1 Å². The second-order valence-corrected chi connectivity index (χ2v) is 19.1. The van der Waals surface area contributed by atoms with E-state index in [4.69, 9.17) is 24.5 Å². The van der Waals surface area contributed by atoms with E-state index in [-0.39, 0.29) is 12.1 Å². The summed E-state index contributed by atoms with van der Waals surface area (Å²) in [7, 11) is -1.21. The molecule has 11 heteroatoms. The smallest absolute Gasteiger partial charge is 0.407 e. The Morgan fingerprint density at radius 3 is 2.67 bits per heavy atom. The molecule has 10 nitrogen and oxygen atoms in total. The summed E-state index contributed by atoms with van der Waals surface area (Å²) < 4.78 is 13.4. The van der Waals surface area contributed by atoms with Crippen molar-refractivity contribution in [3.63, 3.8) is 0 Å². The van der Waals surface area contributed by atoms with Crippen molar-refractivity contribution in [2.45, 2.75) is 78.2 Å². The zero-order valence-corrected chi connectivity index (χ0v) is 27.3. The number of ether oxygens (including phenoxy) is 2. The van der Waals surface area contributed by atoms with E-state index in [1.165, 1.54) is 0 Å². The first kappa shape index (κ1) is 30.6. The molecule has 228 valence electrons. The Morgan fingerprint density at radius 2 is 1.95 bits per heavy atom. The first-order chi connectivity index (χ1) is 20.4. The maximum Gasteiger partial charge on any atom is 0.407 e. The first-order valence-corrected chi connectivity index (χ1v) is 18.6. The van der Waals surface area contributed by atoms with Crippen LogP contribution in [0.5, 0.6) is 0 Å². The van der Waals surface area contributed by atoms with E-state index in [0.717, 1.165) is 63.9 Å². The number of aromatic nitrogens is 5. The standard InChI is InChI=1S/C32H43N7O3Si/c1-22-10-11-26(36-30(22)38-14-12-24(20-38)35-31(40)42-32(2,3)4)29-25-17-27(23-9-8-13-33-18-23)34-19-28(25)39(37-29)21-41-15-16-43(5,6)7/h8-11,13,17-19,24H,12,14-16,20-21H2,1-7H3,(H,35,40)/t24-/m1/s1. The highest BCUT2D eigenvalue weighted by Gasteiger charge is 2.28. The SMILES string of the molecule is Cc1ccc(-c2nn(COCC[Si](C)(C)C)c3cnc(-c4cccnc4)cc23)nc1N1CC[C@@H](NC(=O)OC(C)(C)C)C1. The summed E-state index contributed by atoms with van der Waals surface area (Å²) in [5.74, 6) is 0.890. The topological polar surface area (TPSA) is 107 Å². The van der Waals surface area contributed by atoms with Gasteiger partial charge in [-0.25, -0.2) is 14.5 Å². The minimum Gasteiger partial charge on any atom is -0.444 e. The van der Waals surface area contributed by atoms with Crippen LogP contribution >= 0.6 is 0 Å². The number of hydrogen-bond donors (Lipinski definition) is 1. The highest BCUT2D eigenvalue weighted by molar-refractivity contribution is 6.76. The van der Waals surface area contributed by atoms with Crippen molar-refractivity contribution >= 4 is 30.9 Å². The Labute approximate surface area is 254 Å². The van der Waals surface area contributed by atoms with E-state index < -0.39 is 13.7 Å². The Bertz CT molecular complexity index is 1580. The normalized spacial score (nSPS) is 15.7. The molecule has 0 aliphatic carbocycles. The van der Waals surface area contributed by atoms with Crippen LogP contribution in [0.4, 0.5) is 10.6 Å². The van der Waals surface area contributed by atoms with Crippen LogP contribution < -0.4 is 10.2 Å². The summed E-state index contributed by atoms with van der Waals surface area (Å²) in [6, 6.07) is 11.2. The molecular weight excluding hydrogens is 558 g/mol. The van der Waals surface area contributed by atoms with Gasteiger partial charge in [-0.05, 0) is 70.0 Å². The molecule has 1 amide bonds. The van der Waals surface area contributed by atoms with Crippen LogP contribution in [0.25, 0.3) is 33.5 Å². The molecule has 5 heterocycles. The molecule has 1 saturated heterocycles. The molecule has 1 N–H and O–H groups in total. The van der Waals surface area contributed by atoms with Crippen LogP contribution in [0, 0.1) is 6.92 Å². The third-order valence-electron chi connectivity index (χ3n) is 7.33. The van der Waals surface area contributed by atoms with Crippen LogP contribution in [-0.4, -0.2) is 70.2 Å². The van der Waals surface area contributed by atoms with Crippen LogP contribution in [0.1, 0.15) is 32.8 Å². The molecule has 1 atom stereocenters. The lowest BCUT2D eigenvalue weighted by Gasteiger charge is -2.23. The third-order valence-corrected chi connectivity index (χ3v) is 9.03. The van der Waals surface area contributed by atoms with Gasteiger partial charge >= 0.3 is 6.09 Å². The third kappa shape index (κ3) is 7.77. The average Bonchev–Trinajstić information content (AvgIpc) is 3.54. The molecule has 43 heavy (non-hydrogen) atoms. The van der Waals surface area contributed by atoms with E-state index in [0.29, 0.717) is 19.9 Å². The van der Waals surface area contributed by atoms with Crippen LogP contribution in [-0.2, 0) is 16.2 Å². The number of carbonyl (C=O) groups excluding carboxylic acids is 1. The maximum absolute atomic E-state index is 12.4. The number of aryl methyl sites for hydroxylation is 1. The summed E-state index contributed by atoms with van der Waals surface area (Å²) in [5, 5.41) is 8.98. The molecular formula is C32H43N7O3Si. The minimum absolute atomic E-state index is 0.0128. The number of anilines is 1. The van der Waals surface area contributed by atoms with Gasteiger partial charge in [0.25, 0.3) is 0 Å². The summed E-state index contributed by atoms with van der Waals surface area (Å²) in [5.41, 5.74) is 4.74. The van der Waals surface area contributed by atoms with Crippen LogP contribution in [0.3, 0.4) is 0 Å². The molecule has 0 aromatic carbocycles. The van der Waals surface area contributed by atoms with E-state index in [1.54, 1.807) is 6.20 Å². The number of nitrogens with one attached hydrogen (secondary N) is 1. The fourth-order valence-corrected chi connectivity index (χ4v) is 5.83. The summed E-state index contributed by atoms with van der Waals surface area (Å²) in [6.45, 7) is 17.2. The molecule has 5 rings (SSSR count). The summed E-state index contributed by atoms with van der Waals surface area (Å²) >= 11 is 0. The molecule has 0 spiro atoms. The van der Waals surface area contributed by atoms with Crippen molar-refractivity contribution in [2.24, 2.45) is 0 Å². The quantitative estimate of drug-likeness (QED) is 0.176. The number of nitrogens with zero attached hydrogens (tertiary/aromatic N) is 6. The Balaban J connectivity index is 1.44. The van der Waals surface area contributed by atoms with Crippen molar-refractivity contribution in [1.82, 2.24) is 30.0 Å². The molecule has 1 aliphatic heterocycles. The van der Waals surface area contributed by atoms with Crippen molar-refractivity contribution < 1.29 is 14.3 Å². The zero-order chi connectivity index (χ0) is 30.8. The maximum atomic E-state index is 12.4. The van der Waals surface area contributed by atoms with Gasteiger partial charge in [-0.1, -0.05) is 25.7 Å². The number of carbonyl (C=O) groups is 1. The molecule has 0 saturated carbocycles. The molecule has 4 aromatic heterocycles. The minimum atomic E-state index is -1.21. The number of alkyl carbamates (subject to hydrolysis) is 1. The Hall–Kier alpha value is -3.83. The number of hydrogen-bond acceptors (Lipinski definition) is 8. The lowest BCUT2D eigenvalue weighted by molar-refractivity contribution is 0.0509. The predicted molar refractivity (Wildman–Crippen MR) is 173 cm³/mol. The molecule has 1 fully saturated rings. The van der Waals surface area contributed by atoms with Gasteiger partial charge in [-0.2, -0.15) is 5.10 Å². The van der Waals surface area contributed by atoms with Gasteiger partial charge in [0.15, 0.2) is 0 Å². The van der Waals surface area contributed by atoms with Crippen molar-refractivity contribution in [3.8, 4) is 22.6 Å². The van der Waals surface area contributed by atoms with Gasteiger partial charge < -0.3 is 19.7 Å². The fourth-order valence-electron chi connectivity index (χ4n) is 5.08. The number of fused-ring (bicyclic) bond motifs is 1. The fraction of sp³-hybridized carbons (Fsp3) is 0.469. The van der Waals surface area contributed by atoms with Crippen molar-refractivity contribution in [1.29, 1.82) is 0 Å². The van der Waals surface area contributed by atoms with E-state index in [2.05, 4.69) is 53.9 Å². The Morgan fingerprint density at radius 1 is 1.14 bits per heavy atom. The van der Waals surface area contributed by atoms with Crippen molar-refractivity contribution in [3.05, 3.63) is 54.5 Å². The molecule has 4 aromatic rings. The van der Waals surface area contributed by atoms with E-state index in [9.17, 15) is 4.79 Å². The predicted octanol–water partition coefficient (Wildman–Crippen LogP) is 6.28. The van der Waals surface area contributed by atoms with Crippen LogP contribution in [0.2, 0.25) is 25.7 Å². The number of rotatable bonds is 9. The average molecular weight is 602 g/mol. The molecule has 0 radical (unpaired) electrons. The summed E-state index contributed by atoms with van der Waals surface area (Å²) in [6.07, 6.45) is 5.86. The molecule has 1 aliphatic rings. The number of pyridine rings is 3. The number of amides is 1. The monoisotopic (exact) mass is 601 g/mol. The van der Waals surface area contributed by atoms with Gasteiger partial charge in [0.05, 0.1) is 29.1 Å². The van der Waals surface area contributed by atoms with Crippen molar-refractivity contribution in [2.75, 3.05) is 24.6 Å². The first-order valence-electron chi connectivity index (χ1n) is 14.9. The lowest BCUT2D eigenvalue weighted by Crippen LogP contribution is -2.40. The Kier molecular flexibility index (Phi) is 8.84. The van der Waals surface area contributed by atoms with Gasteiger partial charge in [-0.15, -0.1) is 0 Å². The zero-order valence-electron chi connectivity index (χ0n) is 26.3. The largest absolute Gasteiger partial charge is 0.444 e. The highest BCUT2D eigenvalue weighted by Crippen LogP contribution is 2.32. The van der Waals surface area contributed by atoms with Gasteiger partial charge in [-0.3, -0.25) is 9.97 Å². The van der Waals surface area contributed by atoms with Crippen LogP contribution in [0.15, 0.2) is 48.9 Å². The van der Waals surface area contributed by atoms with E-state index in [1.807, 2.05) is 56.0 Å². The second kappa shape index (κ2) is 12.4. The molecule has 0 unspecified atom stereocenters.